The van der Waals surface area contributed by atoms with E-state index in [-0.39, 0.29) is 11.2 Å². The second-order valence-electron chi connectivity index (χ2n) is 6.19. The molecule has 2 fully saturated rings. The average molecular weight is 414 g/mol. The molecule has 0 aliphatic carbocycles. The molecule has 2 atom stereocenters. The van der Waals surface area contributed by atoms with Gasteiger partial charge in [0, 0.05) is 26.7 Å². The van der Waals surface area contributed by atoms with Crippen molar-refractivity contribution in [3.8, 4) is 0 Å². The van der Waals surface area contributed by atoms with Gasteiger partial charge in [-0.1, -0.05) is 0 Å². The van der Waals surface area contributed by atoms with Gasteiger partial charge in [-0.05, 0) is 18.8 Å². The lowest BCUT2D eigenvalue weighted by atomic mass is 10.0. The van der Waals surface area contributed by atoms with Crippen molar-refractivity contribution in [2.45, 2.75) is 24.3 Å². The van der Waals surface area contributed by atoms with Crippen LogP contribution in [0.1, 0.15) is 12.8 Å². The highest BCUT2D eigenvalue weighted by Gasteiger charge is 2.45. The predicted molar refractivity (Wildman–Crippen MR) is 86.0 cm³/mol. The van der Waals surface area contributed by atoms with Crippen molar-refractivity contribution in [3.63, 3.8) is 0 Å². The van der Waals surface area contributed by atoms with Crippen LogP contribution in [-0.4, -0.2) is 71.9 Å². The average Bonchev–Trinajstić information content (AvgIpc) is 2.72. The number of alkyl halides is 3. The van der Waals surface area contributed by atoms with Crippen LogP contribution in [0.25, 0.3) is 0 Å². The van der Waals surface area contributed by atoms with E-state index in [4.69, 9.17) is 9.90 Å². The number of carboxylic acids is 1. The maximum atomic E-state index is 12.8. The molecule has 1 aromatic heterocycles. The van der Waals surface area contributed by atoms with Crippen LogP contribution in [0.2, 0.25) is 0 Å². The van der Waals surface area contributed by atoms with Gasteiger partial charge in [0.15, 0.2) is 5.82 Å². The van der Waals surface area contributed by atoms with Gasteiger partial charge in [-0.3, -0.25) is 0 Å². The molecular weight excluding hydrogens is 396 g/mol. The number of hydrogen-bond acceptors (Lipinski definition) is 6. The van der Waals surface area contributed by atoms with Crippen molar-refractivity contribution in [2.24, 2.45) is 5.92 Å². The number of aromatic nitrogens is 2. The summed E-state index contributed by atoms with van der Waals surface area (Å²) in [6, 6.07) is 0. The molecule has 13 heteroatoms. The monoisotopic (exact) mass is 414 g/mol. The number of hydrogen-bond donors (Lipinski definition) is 1. The van der Waals surface area contributed by atoms with Crippen molar-refractivity contribution in [1.82, 2.24) is 14.3 Å². The maximum absolute atomic E-state index is 12.8. The molecular formula is C14H18F4N4O4S. The molecule has 0 aromatic carbocycles. The van der Waals surface area contributed by atoms with E-state index >= 15 is 0 Å². The Balaban J connectivity index is 0.000000321. The van der Waals surface area contributed by atoms with Crippen LogP contribution in [0.3, 0.4) is 0 Å². The summed E-state index contributed by atoms with van der Waals surface area (Å²) in [4.78, 5) is 18.8. The molecule has 0 bridgehead atoms. The molecule has 2 saturated heterocycles. The van der Waals surface area contributed by atoms with Gasteiger partial charge < -0.3 is 10.0 Å². The molecule has 0 spiro atoms. The normalized spacial score (nSPS) is 25.1. The summed E-state index contributed by atoms with van der Waals surface area (Å²) in [6.07, 6.45) is -1.45. The third-order valence-corrected chi connectivity index (χ3v) is 6.82. The van der Waals surface area contributed by atoms with Crippen LogP contribution in [0.5, 0.6) is 0 Å². The first-order valence-electron chi connectivity index (χ1n) is 7.90. The number of sulfonamides is 1. The Morgan fingerprint density at radius 1 is 1.22 bits per heavy atom. The highest BCUT2D eigenvalue weighted by atomic mass is 32.2. The number of carbonyl (C=O) groups is 1. The SMILES string of the molecule is CN1C[C@H]2CCN(c3ncc(F)cn3)CC[C@H]2S1(=O)=O.O=C(O)C(F)(F)F. The lowest BCUT2D eigenvalue weighted by molar-refractivity contribution is -0.192. The number of aliphatic carboxylic acids is 1. The Morgan fingerprint density at radius 3 is 2.26 bits per heavy atom. The fraction of sp³-hybridized carbons (Fsp3) is 0.643. The summed E-state index contributed by atoms with van der Waals surface area (Å²) < 4.78 is 70.4. The molecule has 0 radical (unpaired) electrons. The van der Waals surface area contributed by atoms with Crippen molar-refractivity contribution < 1.29 is 35.9 Å². The second-order valence-corrected chi connectivity index (χ2v) is 8.45. The van der Waals surface area contributed by atoms with E-state index in [2.05, 4.69) is 9.97 Å². The van der Waals surface area contributed by atoms with Gasteiger partial charge in [0.2, 0.25) is 16.0 Å². The Labute approximate surface area is 152 Å². The minimum atomic E-state index is -5.08. The molecule has 3 rings (SSSR count). The summed E-state index contributed by atoms with van der Waals surface area (Å²) in [5, 5.41) is 6.82. The first-order chi connectivity index (χ1) is 12.4. The zero-order chi connectivity index (χ0) is 20.4. The van der Waals surface area contributed by atoms with Gasteiger partial charge in [-0.15, -0.1) is 0 Å². The molecule has 8 nitrogen and oxygen atoms in total. The largest absolute Gasteiger partial charge is 0.490 e. The minimum Gasteiger partial charge on any atom is -0.475 e. The molecule has 0 amide bonds. The van der Waals surface area contributed by atoms with Crippen molar-refractivity contribution in [2.75, 3.05) is 31.6 Å². The van der Waals surface area contributed by atoms with Gasteiger partial charge in [0.05, 0.1) is 17.6 Å². The quantitative estimate of drug-likeness (QED) is 0.687. The fourth-order valence-corrected chi connectivity index (χ4v) is 5.05. The van der Waals surface area contributed by atoms with E-state index in [9.17, 15) is 26.0 Å². The molecule has 2 aliphatic heterocycles. The number of halogens is 4. The van der Waals surface area contributed by atoms with Crippen molar-refractivity contribution in [1.29, 1.82) is 0 Å². The van der Waals surface area contributed by atoms with Gasteiger partial charge >= 0.3 is 12.1 Å². The van der Waals surface area contributed by atoms with Crippen LogP contribution in [-0.2, 0) is 14.8 Å². The summed E-state index contributed by atoms with van der Waals surface area (Å²) in [6.45, 7) is 1.88. The zero-order valence-electron chi connectivity index (χ0n) is 14.2. The van der Waals surface area contributed by atoms with Crippen molar-refractivity contribution >= 4 is 21.9 Å². The molecule has 152 valence electrons. The minimum absolute atomic E-state index is 0.162. The number of nitrogens with zero attached hydrogens (tertiary/aromatic N) is 4. The molecule has 1 N–H and O–H groups in total. The smallest absolute Gasteiger partial charge is 0.475 e. The Kier molecular flexibility index (Phi) is 6.24. The van der Waals surface area contributed by atoms with Crippen LogP contribution < -0.4 is 4.90 Å². The highest BCUT2D eigenvalue weighted by Crippen LogP contribution is 2.33. The van der Waals surface area contributed by atoms with Crippen LogP contribution in [0.4, 0.5) is 23.5 Å². The summed E-state index contributed by atoms with van der Waals surface area (Å²) in [7, 11) is -1.51. The zero-order valence-corrected chi connectivity index (χ0v) is 15.0. The van der Waals surface area contributed by atoms with Gasteiger partial charge in [0.1, 0.15) is 0 Å². The summed E-state index contributed by atoms with van der Waals surface area (Å²) in [5.41, 5.74) is 0. The lowest BCUT2D eigenvalue weighted by Crippen LogP contribution is -2.30. The Morgan fingerprint density at radius 2 is 1.74 bits per heavy atom. The Hall–Kier alpha value is -2.02. The molecule has 2 aliphatic rings. The first kappa shape index (κ1) is 21.3. The third-order valence-electron chi connectivity index (χ3n) is 4.42. The number of anilines is 1. The Bertz CT molecular complexity index is 772. The van der Waals surface area contributed by atoms with Crippen molar-refractivity contribution in [3.05, 3.63) is 18.2 Å². The summed E-state index contributed by atoms with van der Waals surface area (Å²) in [5.74, 6) is -2.59. The van der Waals surface area contributed by atoms with Gasteiger partial charge in [-0.25, -0.2) is 31.9 Å². The van der Waals surface area contributed by atoms with E-state index in [0.717, 1.165) is 18.8 Å². The lowest BCUT2D eigenvalue weighted by Gasteiger charge is -2.20. The topological polar surface area (TPSA) is 104 Å². The predicted octanol–water partition coefficient (Wildman–Crippen LogP) is 1.11. The molecule has 3 heterocycles. The first-order valence-corrected chi connectivity index (χ1v) is 9.41. The molecule has 0 unspecified atom stereocenters. The van der Waals surface area contributed by atoms with E-state index in [0.29, 0.717) is 32.0 Å². The summed E-state index contributed by atoms with van der Waals surface area (Å²) >= 11 is 0. The van der Waals surface area contributed by atoms with E-state index in [1.165, 1.54) is 4.31 Å². The fourth-order valence-electron chi connectivity index (χ4n) is 3.07. The molecule has 0 saturated carbocycles. The van der Waals surface area contributed by atoms with Crippen LogP contribution in [0, 0.1) is 11.7 Å². The third kappa shape index (κ3) is 5.03. The van der Waals surface area contributed by atoms with Crippen LogP contribution >= 0.6 is 0 Å². The molecule has 27 heavy (non-hydrogen) atoms. The second kappa shape index (κ2) is 7.92. The van der Waals surface area contributed by atoms with Gasteiger partial charge in [-0.2, -0.15) is 13.2 Å². The number of fused-ring (bicyclic) bond motifs is 1. The van der Waals surface area contributed by atoms with Crippen LogP contribution in [0.15, 0.2) is 12.4 Å². The van der Waals surface area contributed by atoms with Gasteiger partial charge in [0.25, 0.3) is 0 Å². The standard InChI is InChI=1S/C12H17FN4O2S.C2HF3O2/c1-16-8-9-2-4-17(5-3-11(9)20(16,18)19)12-14-6-10(13)7-15-12;3-2(4,5)1(6)7/h6-7,9,11H,2-5,8H2,1H3;(H,6,7)/t9-,11-;/m1./s1. The maximum Gasteiger partial charge on any atom is 0.490 e. The van der Waals surface area contributed by atoms with E-state index in [1.807, 2.05) is 4.90 Å². The highest BCUT2D eigenvalue weighted by molar-refractivity contribution is 7.90. The number of rotatable bonds is 1. The number of carboxylic acid groups (broad SMARTS) is 1. The van der Waals surface area contributed by atoms with E-state index in [1.54, 1.807) is 7.05 Å². The molecule has 1 aromatic rings. The van der Waals surface area contributed by atoms with E-state index < -0.39 is 28.0 Å².